The molecule has 0 saturated heterocycles. The second-order valence-corrected chi connectivity index (χ2v) is 7.58. The lowest BCUT2D eigenvalue weighted by atomic mass is 10.1. The van der Waals surface area contributed by atoms with Crippen LogP contribution in [0.25, 0.3) is 0 Å². The highest BCUT2D eigenvalue weighted by molar-refractivity contribution is 6.33. The van der Waals surface area contributed by atoms with E-state index in [1.807, 2.05) is 32.9 Å². The van der Waals surface area contributed by atoms with Gasteiger partial charge in [0.25, 0.3) is 5.91 Å². The molecule has 0 aliphatic heterocycles. The van der Waals surface area contributed by atoms with Crippen LogP contribution in [0.15, 0.2) is 65.8 Å². The van der Waals surface area contributed by atoms with E-state index in [9.17, 15) is 9.59 Å². The Hall–Kier alpha value is -3.64. The molecule has 0 saturated carbocycles. The van der Waals surface area contributed by atoms with Crippen molar-refractivity contribution in [3.8, 4) is 11.5 Å². The van der Waals surface area contributed by atoms with E-state index >= 15 is 0 Å². The normalized spacial score (nSPS) is 10.8. The number of benzene rings is 3. The predicted octanol–water partition coefficient (Wildman–Crippen LogP) is 5.01. The van der Waals surface area contributed by atoms with Gasteiger partial charge in [0.05, 0.1) is 16.8 Å². The Morgan fingerprint density at radius 3 is 2.38 bits per heavy atom. The highest BCUT2D eigenvalue weighted by Gasteiger charge is 2.12. The quantitative estimate of drug-likeness (QED) is 0.237. The summed E-state index contributed by atoms with van der Waals surface area (Å²) >= 11 is 6.01. The number of amides is 1. The molecule has 0 spiro atoms. The third kappa shape index (κ3) is 5.95. The molecule has 32 heavy (non-hydrogen) atoms. The second-order valence-electron chi connectivity index (χ2n) is 7.17. The average molecular weight is 451 g/mol. The lowest BCUT2D eigenvalue weighted by Crippen LogP contribution is -2.25. The van der Waals surface area contributed by atoms with Crippen molar-refractivity contribution >= 4 is 29.7 Å². The van der Waals surface area contributed by atoms with E-state index in [1.165, 1.54) is 6.21 Å². The van der Waals surface area contributed by atoms with Crippen LogP contribution in [0.5, 0.6) is 11.5 Å². The van der Waals surface area contributed by atoms with Crippen molar-refractivity contribution in [2.24, 2.45) is 5.10 Å². The van der Waals surface area contributed by atoms with Crippen molar-refractivity contribution in [1.82, 2.24) is 5.43 Å². The predicted molar refractivity (Wildman–Crippen MR) is 125 cm³/mol. The zero-order chi connectivity index (χ0) is 23.1. The molecule has 0 heterocycles. The topological polar surface area (TPSA) is 77.0 Å². The minimum Gasteiger partial charge on any atom is -0.483 e. The van der Waals surface area contributed by atoms with Crippen molar-refractivity contribution in [1.29, 1.82) is 0 Å². The Kier molecular flexibility index (Phi) is 7.63. The monoisotopic (exact) mass is 450 g/mol. The largest absolute Gasteiger partial charge is 0.483 e. The maximum absolute atomic E-state index is 12.2. The van der Waals surface area contributed by atoms with Crippen molar-refractivity contribution < 1.29 is 19.1 Å². The van der Waals surface area contributed by atoms with Gasteiger partial charge in [0, 0.05) is 0 Å². The number of halogens is 1. The van der Waals surface area contributed by atoms with Gasteiger partial charge in [0.2, 0.25) is 0 Å². The molecule has 0 aromatic heterocycles. The molecule has 3 aromatic rings. The second kappa shape index (κ2) is 10.6. The van der Waals surface area contributed by atoms with E-state index in [-0.39, 0.29) is 12.5 Å². The summed E-state index contributed by atoms with van der Waals surface area (Å²) in [5.41, 5.74) is 6.53. The molecule has 0 fully saturated rings. The van der Waals surface area contributed by atoms with Crippen LogP contribution in [0.2, 0.25) is 5.02 Å². The molecule has 0 atom stereocenters. The lowest BCUT2D eigenvalue weighted by molar-refractivity contribution is -0.123. The summed E-state index contributed by atoms with van der Waals surface area (Å²) in [5, 5.41) is 4.26. The summed E-state index contributed by atoms with van der Waals surface area (Å²) in [5.74, 6) is 0.176. The molecule has 0 aliphatic rings. The van der Waals surface area contributed by atoms with E-state index in [0.717, 1.165) is 16.7 Å². The molecule has 0 radical (unpaired) electrons. The molecule has 0 bridgehead atoms. The Morgan fingerprint density at radius 1 is 0.969 bits per heavy atom. The maximum atomic E-state index is 12.2. The number of esters is 1. The SMILES string of the molecule is Cc1ccc(C)c(OCC(=O)N/N=C\c2ccc(OC(=O)c3ccccc3Cl)cc2)c1C. The summed E-state index contributed by atoms with van der Waals surface area (Å²) in [6.45, 7) is 5.75. The van der Waals surface area contributed by atoms with Crippen LogP contribution in [0.3, 0.4) is 0 Å². The van der Waals surface area contributed by atoms with Gasteiger partial charge in [0.15, 0.2) is 6.61 Å². The fourth-order valence-electron chi connectivity index (χ4n) is 2.91. The summed E-state index contributed by atoms with van der Waals surface area (Å²) in [7, 11) is 0. The molecule has 6 nitrogen and oxygen atoms in total. The van der Waals surface area contributed by atoms with Gasteiger partial charge < -0.3 is 9.47 Å². The van der Waals surface area contributed by atoms with E-state index in [1.54, 1.807) is 48.5 Å². The van der Waals surface area contributed by atoms with Crippen molar-refractivity contribution in [3.63, 3.8) is 0 Å². The van der Waals surface area contributed by atoms with Gasteiger partial charge in [-0.3, -0.25) is 4.79 Å². The zero-order valence-electron chi connectivity index (χ0n) is 18.0. The molecule has 164 valence electrons. The van der Waals surface area contributed by atoms with Crippen molar-refractivity contribution in [2.45, 2.75) is 20.8 Å². The van der Waals surface area contributed by atoms with Crippen LogP contribution in [-0.4, -0.2) is 24.7 Å². The highest BCUT2D eigenvalue weighted by Crippen LogP contribution is 2.25. The molecule has 7 heteroatoms. The van der Waals surface area contributed by atoms with Crippen LogP contribution in [-0.2, 0) is 4.79 Å². The minimum atomic E-state index is -0.539. The van der Waals surface area contributed by atoms with Gasteiger partial charge >= 0.3 is 5.97 Å². The van der Waals surface area contributed by atoms with Gasteiger partial charge in [0.1, 0.15) is 11.5 Å². The van der Waals surface area contributed by atoms with Crippen molar-refractivity contribution in [2.75, 3.05) is 6.61 Å². The highest BCUT2D eigenvalue weighted by atomic mass is 35.5. The number of rotatable bonds is 7. The Labute approximate surface area is 191 Å². The first-order valence-corrected chi connectivity index (χ1v) is 10.3. The van der Waals surface area contributed by atoms with Crippen LogP contribution in [0.4, 0.5) is 0 Å². The number of nitrogens with zero attached hydrogens (tertiary/aromatic N) is 1. The van der Waals surface area contributed by atoms with Crippen molar-refractivity contribution in [3.05, 3.63) is 93.5 Å². The molecule has 1 N–H and O–H groups in total. The molecule has 3 aromatic carbocycles. The van der Waals surface area contributed by atoms with Crippen LogP contribution in [0, 0.1) is 20.8 Å². The molecule has 0 aliphatic carbocycles. The number of nitrogens with one attached hydrogen (secondary N) is 1. The smallest absolute Gasteiger partial charge is 0.345 e. The first-order chi connectivity index (χ1) is 15.3. The number of carbonyl (C=O) groups excluding carboxylic acids is 2. The summed E-state index contributed by atoms with van der Waals surface area (Å²) < 4.78 is 11.0. The third-order valence-corrected chi connectivity index (χ3v) is 5.14. The van der Waals surface area contributed by atoms with Gasteiger partial charge in [-0.1, -0.05) is 35.9 Å². The van der Waals surface area contributed by atoms with Gasteiger partial charge in [-0.15, -0.1) is 0 Å². The van der Waals surface area contributed by atoms with Gasteiger partial charge in [-0.25, -0.2) is 10.2 Å². The van der Waals surface area contributed by atoms with Crippen LogP contribution < -0.4 is 14.9 Å². The molecule has 3 rings (SSSR count). The molecular formula is C25H23ClN2O4. The number of carbonyl (C=O) groups is 2. The van der Waals surface area contributed by atoms with Crippen LogP contribution >= 0.6 is 11.6 Å². The van der Waals surface area contributed by atoms with Gasteiger partial charge in [-0.05, 0) is 79.4 Å². The standard InChI is InChI=1S/C25H23ClN2O4/c1-16-8-9-17(2)24(18(16)3)31-15-23(29)28-27-14-19-10-12-20(13-11-19)32-25(30)21-6-4-5-7-22(21)26/h4-14H,15H2,1-3H3,(H,28,29)/b27-14-. The first-order valence-electron chi connectivity index (χ1n) is 9.93. The number of hydrogen-bond donors (Lipinski definition) is 1. The van der Waals surface area contributed by atoms with E-state index in [0.29, 0.717) is 27.6 Å². The number of hydrazone groups is 1. The summed E-state index contributed by atoms with van der Waals surface area (Å²) in [6.07, 6.45) is 1.49. The molecule has 0 unspecified atom stereocenters. The number of aryl methyl sites for hydroxylation is 2. The van der Waals surface area contributed by atoms with Crippen LogP contribution in [0.1, 0.15) is 32.6 Å². The lowest BCUT2D eigenvalue weighted by Gasteiger charge is -2.13. The first kappa shape index (κ1) is 23.0. The van der Waals surface area contributed by atoms with E-state index < -0.39 is 5.97 Å². The Balaban J connectivity index is 1.51. The fraction of sp³-hybridized carbons (Fsp3) is 0.160. The number of hydrogen-bond acceptors (Lipinski definition) is 5. The van der Waals surface area contributed by atoms with E-state index in [2.05, 4.69) is 10.5 Å². The minimum absolute atomic E-state index is 0.139. The summed E-state index contributed by atoms with van der Waals surface area (Å²) in [6, 6.07) is 17.3. The molecular weight excluding hydrogens is 428 g/mol. The Bertz CT molecular complexity index is 1160. The van der Waals surface area contributed by atoms with Gasteiger partial charge in [-0.2, -0.15) is 5.10 Å². The maximum Gasteiger partial charge on any atom is 0.345 e. The summed E-state index contributed by atoms with van der Waals surface area (Å²) in [4.78, 5) is 24.2. The molecule has 1 amide bonds. The van der Waals surface area contributed by atoms with E-state index in [4.69, 9.17) is 21.1 Å². The fourth-order valence-corrected chi connectivity index (χ4v) is 3.12. The third-order valence-electron chi connectivity index (χ3n) is 4.81. The number of ether oxygens (including phenoxy) is 2. The average Bonchev–Trinajstić information content (AvgIpc) is 2.78. The zero-order valence-corrected chi connectivity index (χ0v) is 18.8. The Morgan fingerprint density at radius 2 is 1.66 bits per heavy atom.